The molecule has 0 aliphatic rings. The summed E-state index contributed by atoms with van der Waals surface area (Å²) in [7, 11) is 0. The predicted octanol–water partition coefficient (Wildman–Crippen LogP) is 7.30. The maximum atomic E-state index is 11.9. The van der Waals surface area contributed by atoms with E-state index in [0.717, 1.165) is 33.4 Å². The molecule has 0 aromatic heterocycles. The number of benzene rings is 4. The van der Waals surface area contributed by atoms with E-state index in [9.17, 15) is 4.79 Å². The molecule has 4 aromatic carbocycles. The van der Waals surface area contributed by atoms with Crippen LogP contribution in [0.3, 0.4) is 0 Å². The van der Waals surface area contributed by atoms with Crippen LogP contribution in [0.25, 0.3) is 10.8 Å². The normalized spacial score (nSPS) is 10.6. The molecule has 0 unspecified atom stereocenters. The van der Waals surface area contributed by atoms with Gasteiger partial charge < -0.3 is 15.4 Å². The highest BCUT2D eigenvalue weighted by Gasteiger charge is 2.15. The molecule has 2 N–H and O–H groups in total. The molecule has 0 atom stereocenters. The van der Waals surface area contributed by atoms with Crippen LogP contribution in [0.4, 0.5) is 17.1 Å². The summed E-state index contributed by atoms with van der Waals surface area (Å²) in [5.74, 6) is 1.23. The van der Waals surface area contributed by atoms with Crippen LogP contribution in [0.1, 0.15) is 12.5 Å². The van der Waals surface area contributed by atoms with Crippen molar-refractivity contribution in [1.82, 2.24) is 0 Å². The highest BCUT2D eigenvalue weighted by molar-refractivity contribution is 6.30. The monoisotopic (exact) mass is 416 g/mol. The molecule has 1 amide bonds. The van der Waals surface area contributed by atoms with Crippen molar-refractivity contribution in [2.45, 2.75) is 13.8 Å². The molecule has 0 fully saturated rings. The van der Waals surface area contributed by atoms with Crippen LogP contribution < -0.4 is 15.4 Å². The fourth-order valence-electron chi connectivity index (χ4n) is 3.38. The number of amides is 1. The van der Waals surface area contributed by atoms with Crippen molar-refractivity contribution in [3.63, 3.8) is 0 Å². The van der Waals surface area contributed by atoms with E-state index in [1.165, 1.54) is 6.92 Å². The van der Waals surface area contributed by atoms with Gasteiger partial charge in [-0.25, -0.2) is 0 Å². The van der Waals surface area contributed by atoms with Gasteiger partial charge in [-0.15, -0.1) is 0 Å². The average Bonchev–Trinajstić information content (AvgIpc) is 2.73. The van der Waals surface area contributed by atoms with Gasteiger partial charge in [-0.2, -0.15) is 0 Å². The fourth-order valence-corrected chi connectivity index (χ4v) is 3.50. The molecule has 0 radical (unpaired) electrons. The highest BCUT2D eigenvalue weighted by atomic mass is 35.5. The van der Waals surface area contributed by atoms with Gasteiger partial charge in [0.05, 0.1) is 17.1 Å². The fraction of sp³-hybridized carbons (Fsp3) is 0.0800. The maximum Gasteiger partial charge on any atom is 0.221 e. The minimum Gasteiger partial charge on any atom is -0.455 e. The lowest BCUT2D eigenvalue weighted by atomic mass is 10.0. The van der Waals surface area contributed by atoms with Crippen molar-refractivity contribution in [1.29, 1.82) is 0 Å². The second kappa shape index (κ2) is 8.47. The topological polar surface area (TPSA) is 50.4 Å². The first kappa shape index (κ1) is 19.8. The van der Waals surface area contributed by atoms with Crippen LogP contribution in [0.2, 0.25) is 5.02 Å². The van der Waals surface area contributed by atoms with Crippen LogP contribution in [0.5, 0.6) is 11.5 Å². The Labute approximate surface area is 180 Å². The first-order valence-corrected chi connectivity index (χ1v) is 9.98. The summed E-state index contributed by atoms with van der Waals surface area (Å²) < 4.78 is 6.08. The number of fused-ring (bicyclic) bond motifs is 1. The molecule has 5 heteroatoms. The first-order chi connectivity index (χ1) is 14.5. The Morgan fingerprint density at radius 1 is 0.900 bits per heavy atom. The minimum absolute atomic E-state index is 0.125. The zero-order chi connectivity index (χ0) is 21.1. The largest absolute Gasteiger partial charge is 0.455 e. The number of ether oxygens (including phenoxy) is 1. The SMILES string of the molecule is CC(=O)Nc1c(Nc2ccccc2Oc2ccc(Cl)cc2)c(C)cc2ccccc12. The maximum absolute atomic E-state index is 11.9. The Morgan fingerprint density at radius 2 is 1.60 bits per heavy atom. The summed E-state index contributed by atoms with van der Waals surface area (Å²) in [4.78, 5) is 11.9. The van der Waals surface area contributed by atoms with Crippen LogP contribution in [0, 0.1) is 6.92 Å². The summed E-state index contributed by atoms with van der Waals surface area (Å²) >= 11 is 5.97. The minimum atomic E-state index is -0.125. The van der Waals surface area contributed by atoms with Crippen molar-refractivity contribution >= 4 is 45.3 Å². The van der Waals surface area contributed by atoms with Gasteiger partial charge in [0.1, 0.15) is 5.75 Å². The van der Waals surface area contributed by atoms with Crippen LogP contribution in [0.15, 0.2) is 78.9 Å². The molecule has 4 rings (SSSR count). The van der Waals surface area contributed by atoms with E-state index < -0.39 is 0 Å². The molecule has 0 saturated carbocycles. The molecule has 0 bridgehead atoms. The number of carbonyl (C=O) groups excluding carboxylic acids is 1. The lowest BCUT2D eigenvalue weighted by molar-refractivity contribution is -0.114. The number of nitrogens with one attached hydrogen (secondary N) is 2. The lowest BCUT2D eigenvalue weighted by Gasteiger charge is -2.20. The Hall–Kier alpha value is -3.50. The van der Waals surface area contributed by atoms with Crippen molar-refractivity contribution < 1.29 is 9.53 Å². The molecule has 0 aliphatic carbocycles. The van der Waals surface area contributed by atoms with Gasteiger partial charge in [-0.05, 0) is 60.3 Å². The number of hydrogen-bond donors (Lipinski definition) is 2. The molecule has 30 heavy (non-hydrogen) atoms. The molecular weight excluding hydrogens is 396 g/mol. The standard InChI is InChI=1S/C25H21ClN2O2/c1-16-15-18-7-3-4-8-21(18)25(27-17(2)29)24(16)28-22-9-5-6-10-23(22)30-20-13-11-19(26)12-14-20/h3-15,28H,1-2H3,(H,27,29). The molecule has 0 aliphatic heterocycles. The molecule has 0 saturated heterocycles. The Balaban J connectivity index is 1.77. The van der Waals surface area contributed by atoms with E-state index in [1.54, 1.807) is 12.1 Å². The smallest absolute Gasteiger partial charge is 0.221 e. The predicted molar refractivity (Wildman–Crippen MR) is 124 cm³/mol. The van der Waals surface area contributed by atoms with Gasteiger partial charge in [-0.1, -0.05) is 48.0 Å². The van der Waals surface area contributed by atoms with Gasteiger partial charge in [0.15, 0.2) is 5.75 Å². The van der Waals surface area contributed by atoms with E-state index in [1.807, 2.05) is 67.6 Å². The van der Waals surface area contributed by atoms with Gasteiger partial charge in [0, 0.05) is 17.3 Å². The van der Waals surface area contributed by atoms with Crippen molar-refractivity contribution in [3.05, 3.63) is 89.4 Å². The zero-order valence-electron chi connectivity index (χ0n) is 16.7. The van der Waals surface area contributed by atoms with E-state index in [0.29, 0.717) is 16.5 Å². The number of carbonyl (C=O) groups is 1. The molecule has 0 heterocycles. The van der Waals surface area contributed by atoms with Crippen LogP contribution >= 0.6 is 11.6 Å². The van der Waals surface area contributed by atoms with Gasteiger partial charge in [0.2, 0.25) is 5.91 Å². The van der Waals surface area contributed by atoms with Crippen LogP contribution in [-0.2, 0) is 4.79 Å². The Kier molecular flexibility index (Phi) is 5.59. The molecule has 4 nitrogen and oxygen atoms in total. The Morgan fingerprint density at radius 3 is 2.37 bits per heavy atom. The summed E-state index contributed by atoms with van der Waals surface area (Å²) in [6.45, 7) is 3.53. The number of rotatable bonds is 5. The van der Waals surface area contributed by atoms with E-state index in [-0.39, 0.29) is 5.91 Å². The molecule has 0 spiro atoms. The van der Waals surface area contributed by atoms with Crippen molar-refractivity contribution in [3.8, 4) is 11.5 Å². The average molecular weight is 417 g/mol. The number of aryl methyl sites for hydroxylation is 1. The van der Waals surface area contributed by atoms with E-state index >= 15 is 0 Å². The second-order valence-corrected chi connectivity index (χ2v) is 7.46. The van der Waals surface area contributed by atoms with E-state index in [2.05, 4.69) is 16.7 Å². The summed E-state index contributed by atoms with van der Waals surface area (Å²) in [6.07, 6.45) is 0. The summed E-state index contributed by atoms with van der Waals surface area (Å²) in [5, 5.41) is 9.16. The first-order valence-electron chi connectivity index (χ1n) is 9.60. The third kappa shape index (κ3) is 4.24. The number of hydrogen-bond acceptors (Lipinski definition) is 3. The van der Waals surface area contributed by atoms with E-state index in [4.69, 9.17) is 16.3 Å². The van der Waals surface area contributed by atoms with Gasteiger partial charge in [0.25, 0.3) is 0 Å². The van der Waals surface area contributed by atoms with Gasteiger partial charge in [-0.3, -0.25) is 4.79 Å². The highest BCUT2D eigenvalue weighted by Crippen LogP contribution is 2.39. The molecule has 4 aromatic rings. The van der Waals surface area contributed by atoms with Crippen molar-refractivity contribution in [2.24, 2.45) is 0 Å². The third-order valence-corrected chi connectivity index (χ3v) is 4.99. The second-order valence-electron chi connectivity index (χ2n) is 7.02. The summed E-state index contributed by atoms with van der Waals surface area (Å²) in [6, 6.07) is 25.0. The number of anilines is 3. The van der Waals surface area contributed by atoms with Crippen molar-refractivity contribution in [2.75, 3.05) is 10.6 Å². The van der Waals surface area contributed by atoms with Gasteiger partial charge >= 0.3 is 0 Å². The molecule has 150 valence electrons. The zero-order valence-corrected chi connectivity index (χ0v) is 17.5. The number of halogens is 1. The number of para-hydroxylation sites is 2. The Bertz CT molecular complexity index is 1220. The lowest BCUT2D eigenvalue weighted by Crippen LogP contribution is -2.10. The van der Waals surface area contributed by atoms with Crippen LogP contribution in [-0.4, -0.2) is 5.91 Å². The summed E-state index contributed by atoms with van der Waals surface area (Å²) in [5.41, 5.74) is 3.38. The third-order valence-electron chi connectivity index (χ3n) is 4.74. The quantitative estimate of drug-likeness (QED) is 0.359. The molecular formula is C25H21ClN2O2.